The summed E-state index contributed by atoms with van der Waals surface area (Å²) in [4.78, 5) is 5.42. The standard InChI is InChI=1S/C14H27N3/c1-14(4-6-15-7-5-14)12-16-8-10-17(11-9-16)13-2-3-13/h13,15H,2-12H2,1H3. The Labute approximate surface area is 106 Å². The van der Waals surface area contributed by atoms with Crippen LogP contribution >= 0.6 is 0 Å². The number of hydrogen-bond donors (Lipinski definition) is 1. The molecular formula is C14H27N3. The molecule has 0 aromatic rings. The molecule has 3 rings (SSSR count). The molecule has 0 bridgehead atoms. The predicted octanol–water partition coefficient (Wildman–Crippen LogP) is 1.16. The van der Waals surface area contributed by atoms with Gasteiger partial charge in [-0.3, -0.25) is 4.90 Å². The van der Waals surface area contributed by atoms with E-state index in [1.165, 1.54) is 71.5 Å². The smallest absolute Gasteiger partial charge is 0.0113 e. The Hall–Kier alpha value is -0.120. The number of rotatable bonds is 3. The maximum Gasteiger partial charge on any atom is 0.0113 e. The van der Waals surface area contributed by atoms with Crippen LogP contribution in [-0.2, 0) is 0 Å². The van der Waals surface area contributed by atoms with Gasteiger partial charge in [0.05, 0.1) is 0 Å². The Morgan fingerprint density at radius 3 is 2.29 bits per heavy atom. The first-order valence-corrected chi connectivity index (χ1v) is 7.42. The lowest BCUT2D eigenvalue weighted by atomic mass is 9.80. The molecule has 0 atom stereocenters. The average Bonchev–Trinajstić information content (AvgIpc) is 3.14. The largest absolute Gasteiger partial charge is 0.317 e. The van der Waals surface area contributed by atoms with Crippen LogP contribution in [0.25, 0.3) is 0 Å². The lowest BCUT2D eigenvalue weighted by molar-refractivity contribution is 0.0729. The van der Waals surface area contributed by atoms with Crippen molar-refractivity contribution in [1.29, 1.82) is 0 Å². The van der Waals surface area contributed by atoms with E-state index in [-0.39, 0.29) is 0 Å². The van der Waals surface area contributed by atoms with Gasteiger partial charge in [-0.05, 0) is 44.2 Å². The number of nitrogens with one attached hydrogen (secondary N) is 1. The summed E-state index contributed by atoms with van der Waals surface area (Å²) >= 11 is 0. The normalized spacial score (nSPS) is 31.6. The third kappa shape index (κ3) is 3.01. The molecule has 2 saturated heterocycles. The molecule has 2 aliphatic heterocycles. The van der Waals surface area contributed by atoms with Gasteiger partial charge < -0.3 is 10.2 Å². The Kier molecular flexibility index (Phi) is 3.42. The summed E-state index contributed by atoms with van der Waals surface area (Å²) in [6.45, 7) is 11.5. The fourth-order valence-electron chi connectivity index (χ4n) is 3.45. The molecule has 1 N–H and O–H groups in total. The molecule has 3 aliphatic rings. The Morgan fingerprint density at radius 2 is 1.71 bits per heavy atom. The zero-order valence-corrected chi connectivity index (χ0v) is 11.2. The van der Waals surface area contributed by atoms with E-state index in [0.717, 1.165) is 6.04 Å². The molecule has 2 heterocycles. The maximum atomic E-state index is 3.48. The molecule has 0 unspecified atom stereocenters. The van der Waals surface area contributed by atoms with Gasteiger partial charge in [0.15, 0.2) is 0 Å². The van der Waals surface area contributed by atoms with E-state index in [4.69, 9.17) is 0 Å². The lowest BCUT2D eigenvalue weighted by Crippen LogP contribution is -2.51. The van der Waals surface area contributed by atoms with Crippen molar-refractivity contribution in [3.05, 3.63) is 0 Å². The van der Waals surface area contributed by atoms with Crippen LogP contribution in [0.2, 0.25) is 0 Å². The molecule has 1 aliphatic carbocycles. The second kappa shape index (κ2) is 4.87. The Morgan fingerprint density at radius 1 is 1.06 bits per heavy atom. The average molecular weight is 237 g/mol. The molecule has 0 spiro atoms. The van der Waals surface area contributed by atoms with Gasteiger partial charge in [0, 0.05) is 38.8 Å². The van der Waals surface area contributed by atoms with Crippen molar-refractivity contribution in [3.63, 3.8) is 0 Å². The van der Waals surface area contributed by atoms with Gasteiger partial charge in [0.25, 0.3) is 0 Å². The van der Waals surface area contributed by atoms with Crippen molar-refractivity contribution in [2.45, 2.75) is 38.6 Å². The van der Waals surface area contributed by atoms with Gasteiger partial charge in [0.2, 0.25) is 0 Å². The summed E-state index contributed by atoms with van der Waals surface area (Å²) in [6.07, 6.45) is 5.64. The minimum absolute atomic E-state index is 0.576. The van der Waals surface area contributed by atoms with Crippen LogP contribution in [0.1, 0.15) is 32.6 Å². The molecular weight excluding hydrogens is 210 g/mol. The van der Waals surface area contributed by atoms with Crippen molar-refractivity contribution < 1.29 is 0 Å². The van der Waals surface area contributed by atoms with Crippen LogP contribution in [-0.4, -0.2) is 61.7 Å². The zero-order chi connectivity index (χ0) is 11.7. The molecule has 1 saturated carbocycles. The molecule has 98 valence electrons. The van der Waals surface area contributed by atoms with Crippen molar-refractivity contribution in [2.75, 3.05) is 45.8 Å². The zero-order valence-electron chi connectivity index (χ0n) is 11.2. The molecule has 3 fully saturated rings. The first-order valence-electron chi connectivity index (χ1n) is 7.42. The van der Waals surface area contributed by atoms with E-state index in [2.05, 4.69) is 22.0 Å². The summed E-state index contributed by atoms with van der Waals surface area (Å²) in [5.41, 5.74) is 0.576. The Balaban J connectivity index is 1.46. The van der Waals surface area contributed by atoms with E-state index in [1.807, 2.05) is 0 Å². The van der Waals surface area contributed by atoms with E-state index in [0.29, 0.717) is 5.41 Å². The summed E-state index contributed by atoms with van der Waals surface area (Å²) in [5, 5.41) is 3.48. The van der Waals surface area contributed by atoms with Crippen LogP contribution in [0.4, 0.5) is 0 Å². The highest BCUT2D eigenvalue weighted by molar-refractivity contribution is 4.90. The topological polar surface area (TPSA) is 18.5 Å². The molecule has 0 aromatic carbocycles. The SMILES string of the molecule is CC1(CN2CCN(C3CC3)CC2)CCNCC1. The molecule has 17 heavy (non-hydrogen) atoms. The number of piperazine rings is 1. The van der Waals surface area contributed by atoms with Crippen LogP contribution in [0, 0.1) is 5.41 Å². The lowest BCUT2D eigenvalue weighted by Gasteiger charge is -2.42. The summed E-state index contributed by atoms with van der Waals surface area (Å²) in [5.74, 6) is 0. The number of hydrogen-bond acceptors (Lipinski definition) is 3. The minimum atomic E-state index is 0.576. The van der Waals surface area contributed by atoms with Crippen LogP contribution in [0.3, 0.4) is 0 Å². The second-order valence-electron chi connectivity index (χ2n) is 6.60. The van der Waals surface area contributed by atoms with Gasteiger partial charge in [-0.2, -0.15) is 0 Å². The van der Waals surface area contributed by atoms with Gasteiger partial charge in [-0.1, -0.05) is 6.92 Å². The highest BCUT2D eigenvalue weighted by Gasteiger charge is 2.34. The van der Waals surface area contributed by atoms with Gasteiger partial charge in [0.1, 0.15) is 0 Å². The quantitative estimate of drug-likeness (QED) is 0.794. The predicted molar refractivity (Wildman–Crippen MR) is 71.2 cm³/mol. The third-order valence-corrected chi connectivity index (χ3v) is 4.89. The van der Waals surface area contributed by atoms with Crippen molar-refractivity contribution in [2.24, 2.45) is 5.41 Å². The number of piperidine rings is 1. The highest BCUT2D eigenvalue weighted by atomic mass is 15.3. The van der Waals surface area contributed by atoms with Crippen LogP contribution in [0.5, 0.6) is 0 Å². The molecule has 0 aromatic heterocycles. The van der Waals surface area contributed by atoms with E-state index in [9.17, 15) is 0 Å². The maximum absolute atomic E-state index is 3.48. The first-order chi connectivity index (χ1) is 8.25. The van der Waals surface area contributed by atoms with Crippen molar-refractivity contribution in [1.82, 2.24) is 15.1 Å². The first kappa shape index (κ1) is 11.9. The van der Waals surface area contributed by atoms with Crippen LogP contribution in [0.15, 0.2) is 0 Å². The Bertz CT molecular complexity index is 248. The summed E-state index contributed by atoms with van der Waals surface area (Å²) in [7, 11) is 0. The van der Waals surface area contributed by atoms with Crippen LogP contribution < -0.4 is 5.32 Å². The van der Waals surface area contributed by atoms with Gasteiger partial charge in [-0.25, -0.2) is 0 Å². The number of nitrogens with zero attached hydrogens (tertiary/aromatic N) is 2. The van der Waals surface area contributed by atoms with Crippen molar-refractivity contribution in [3.8, 4) is 0 Å². The molecule has 3 nitrogen and oxygen atoms in total. The van der Waals surface area contributed by atoms with Gasteiger partial charge in [-0.15, -0.1) is 0 Å². The summed E-state index contributed by atoms with van der Waals surface area (Å²) in [6, 6.07) is 0.964. The highest BCUT2D eigenvalue weighted by Crippen LogP contribution is 2.31. The second-order valence-corrected chi connectivity index (χ2v) is 6.60. The molecule has 0 radical (unpaired) electrons. The van der Waals surface area contributed by atoms with E-state index in [1.54, 1.807) is 0 Å². The summed E-state index contributed by atoms with van der Waals surface area (Å²) < 4.78 is 0. The molecule has 0 amide bonds. The monoisotopic (exact) mass is 237 g/mol. The van der Waals surface area contributed by atoms with Gasteiger partial charge >= 0.3 is 0 Å². The van der Waals surface area contributed by atoms with E-state index >= 15 is 0 Å². The fraction of sp³-hybridized carbons (Fsp3) is 1.00. The molecule has 3 heteroatoms. The van der Waals surface area contributed by atoms with Crippen molar-refractivity contribution >= 4 is 0 Å². The fourth-order valence-corrected chi connectivity index (χ4v) is 3.45. The van der Waals surface area contributed by atoms with E-state index < -0.39 is 0 Å². The third-order valence-electron chi connectivity index (χ3n) is 4.89. The minimum Gasteiger partial charge on any atom is -0.317 e.